The first kappa shape index (κ1) is 22.2. The monoisotopic (exact) mass is 387 g/mol. The highest BCUT2D eigenvalue weighted by Crippen LogP contribution is 2.25. The maximum Gasteiger partial charge on any atom is 0.221 e. The van der Waals surface area contributed by atoms with Crippen LogP contribution in [0, 0.1) is 6.92 Å². The Morgan fingerprint density at radius 3 is 2.48 bits per heavy atom. The standard InChI is InChI=1S/C19H29N3O.2ClH/c1-15-6-8-16(9-7-15)18(22-11-2-3-12-22)14-21-19(23)13-17-5-4-10-20-17;;/h6-9,17-18,20H,2-5,10-14H2,1H3,(H,21,23);2*1H. The number of hydrogen-bond acceptors (Lipinski definition) is 3. The Morgan fingerprint density at radius 2 is 1.88 bits per heavy atom. The second kappa shape index (κ2) is 11.0. The van der Waals surface area contributed by atoms with Gasteiger partial charge in [0.15, 0.2) is 0 Å². The molecule has 2 atom stereocenters. The van der Waals surface area contributed by atoms with E-state index >= 15 is 0 Å². The van der Waals surface area contributed by atoms with E-state index in [4.69, 9.17) is 0 Å². The van der Waals surface area contributed by atoms with Crippen LogP contribution in [0.25, 0.3) is 0 Å². The second-order valence-corrected chi connectivity index (χ2v) is 6.97. The van der Waals surface area contributed by atoms with E-state index in [1.165, 1.54) is 30.4 Å². The van der Waals surface area contributed by atoms with Crippen LogP contribution in [0.3, 0.4) is 0 Å². The summed E-state index contributed by atoms with van der Waals surface area (Å²) in [5, 5.41) is 6.58. The molecule has 0 spiro atoms. The fourth-order valence-electron chi connectivity index (χ4n) is 3.74. The molecule has 2 aliphatic rings. The molecule has 6 heteroatoms. The van der Waals surface area contributed by atoms with Gasteiger partial charge < -0.3 is 10.6 Å². The second-order valence-electron chi connectivity index (χ2n) is 6.97. The van der Waals surface area contributed by atoms with Gasteiger partial charge in [0, 0.05) is 19.0 Å². The van der Waals surface area contributed by atoms with Crippen molar-refractivity contribution in [2.75, 3.05) is 26.2 Å². The van der Waals surface area contributed by atoms with Crippen LogP contribution >= 0.6 is 24.8 Å². The highest BCUT2D eigenvalue weighted by molar-refractivity contribution is 5.85. The molecule has 4 nitrogen and oxygen atoms in total. The van der Waals surface area contributed by atoms with Crippen molar-refractivity contribution in [3.8, 4) is 0 Å². The quantitative estimate of drug-likeness (QED) is 0.787. The number of carbonyl (C=O) groups excluding carboxylic acids is 1. The number of benzene rings is 1. The van der Waals surface area contributed by atoms with Gasteiger partial charge in [0.25, 0.3) is 0 Å². The fourth-order valence-corrected chi connectivity index (χ4v) is 3.74. The van der Waals surface area contributed by atoms with Crippen molar-refractivity contribution in [1.29, 1.82) is 0 Å². The molecule has 0 aliphatic carbocycles. The normalized spacial score (nSPS) is 21.2. The zero-order valence-corrected chi connectivity index (χ0v) is 16.6. The molecule has 1 amide bonds. The van der Waals surface area contributed by atoms with E-state index in [1.807, 2.05) is 0 Å². The lowest BCUT2D eigenvalue weighted by Crippen LogP contribution is -2.38. The summed E-state index contributed by atoms with van der Waals surface area (Å²) in [5.74, 6) is 0.181. The Morgan fingerprint density at radius 1 is 1.20 bits per heavy atom. The van der Waals surface area contributed by atoms with E-state index in [0.29, 0.717) is 25.0 Å². The molecular weight excluding hydrogens is 357 g/mol. The molecule has 142 valence electrons. The van der Waals surface area contributed by atoms with Gasteiger partial charge in [-0.15, -0.1) is 24.8 Å². The molecule has 2 fully saturated rings. The lowest BCUT2D eigenvalue weighted by Gasteiger charge is -2.28. The van der Waals surface area contributed by atoms with Gasteiger partial charge in [0.1, 0.15) is 0 Å². The number of halogens is 2. The third-order valence-electron chi connectivity index (χ3n) is 5.13. The zero-order valence-electron chi connectivity index (χ0n) is 15.0. The first-order chi connectivity index (χ1) is 11.2. The predicted octanol–water partition coefficient (Wildman–Crippen LogP) is 3.23. The summed E-state index contributed by atoms with van der Waals surface area (Å²) in [4.78, 5) is 14.7. The van der Waals surface area contributed by atoms with Crippen LogP contribution in [0.2, 0.25) is 0 Å². The molecule has 0 bridgehead atoms. The zero-order chi connectivity index (χ0) is 16.1. The molecule has 1 aromatic rings. The minimum Gasteiger partial charge on any atom is -0.354 e. The lowest BCUT2D eigenvalue weighted by atomic mass is 10.0. The van der Waals surface area contributed by atoms with Crippen molar-refractivity contribution < 1.29 is 4.79 Å². The average molecular weight is 388 g/mol. The molecule has 0 radical (unpaired) electrons. The van der Waals surface area contributed by atoms with E-state index in [-0.39, 0.29) is 30.7 Å². The summed E-state index contributed by atoms with van der Waals surface area (Å²) < 4.78 is 0. The molecule has 25 heavy (non-hydrogen) atoms. The van der Waals surface area contributed by atoms with Gasteiger partial charge in [-0.2, -0.15) is 0 Å². The third-order valence-corrected chi connectivity index (χ3v) is 5.13. The van der Waals surface area contributed by atoms with Crippen LogP contribution in [0.15, 0.2) is 24.3 Å². The summed E-state index contributed by atoms with van der Waals surface area (Å²) >= 11 is 0. The molecule has 0 aromatic heterocycles. The molecule has 0 saturated carbocycles. The lowest BCUT2D eigenvalue weighted by molar-refractivity contribution is -0.121. The van der Waals surface area contributed by atoms with Crippen LogP contribution in [0.4, 0.5) is 0 Å². The van der Waals surface area contributed by atoms with Gasteiger partial charge in [0.05, 0.1) is 6.04 Å². The van der Waals surface area contributed by atoms with E-state index in [0.717, 1.165) is 26.1 Å². The van der Waals surface area contributed by atoms with Crippen molar-refractivity contribution in [2.24, 2.45) is 0 Å². The van der Waals surface area contributed by atoms with Crippen LogP contribution < -0.4 is 10.6 Å². The number of nitrogens with zero attached hydrogens (tertiary/aromatic N) is 1. The average Bonchev–Trinajstić information content (AvgIpc) is 3.23. The maximum atomic E-state index is 12.2. The first-order valence-corrected chi connectivity index (χ1v) is 9.03. The number of aryl methyl sites for hydroxylation is 1. The highest BCUT2D eigenvalue weighted by atomic mass is 35.5. The number of nitrogens with one attached hydrogen (secondary N) is 2. The van der Waals surface area contributed by atoms with Gasteiger partial charge in [0.2, 0.25) is 5.91 Å². The first-order valence-electron chi connectivity index (χ1n) is 9.03. The predicted molar refractivity (Wildman–Crippen MR) is 108 cm³/mol. The molecule has 2 aliphatic heterocycles. The van der Waals surface area contributed by atoms with Crippen LogP contribution in [-0.4, -0.2) is 43.0 Å². The van der Waals surface area contributed by atoms with Crippen LogP contribution in [0.1, 0.15) is 49.3 Å². The Hall–Kier alpha value is -0.810. The van der Waals surface area contributed by atoms with Gasteiger partial charge in [-0.05, 0) is 57.8 Å². The molecule has 2 saturated heterocycles. The van der Waals surface area contributed by atoms with E-state index in [9.17, 15) is 4.79 Å². The van der Waals surface area contributed by atoms with Crippen molar-refractivity contribution in [2.45, 2.75) is 51.1 Å². The van der Waals surface area contributed by atoms with Crippen molar-refractivity contribution >= 4 is 30.7 Å². The molecule has 3 rings (SSSR count). The van der Waals surface area contributed by atoms with Crippen molar-refractivity contribution in [3.05, 3.63) is 35.4 Å². The maximum absolute atomic E-state index is 12.2. The fraction of sp³-hybridized carbons (Fsp3) is 0.632. The SMILES string of the molecule is Cc1ccc(C(CNC(=O)CC2CCCN2)N2CCCC2)cc1.Cl.Cl. The minimum absolute atomic E-state index is 0. The van der Waals surface area contributed by atoms with Gasteiger partial charge in [-0.3, -0.25) is 9.69 Å². The largest absolute Gasteiger partial charge is 0.354 e. The molecule has 2 heterocycles. The topological polar surface area (TPSA) is 44.4 Å². The number of hydrogen-bond donors (Lipinski definition) is 2. The minimum atomic E-state index is 0. The Labute approximate surface area is 163 Å². The molecule has 2 N–H and O–H groups in total. The third kappa shape index (κ3) is 6.45. The van der Waals surface area contributed by atoms with Gasteiger partial charge in [-0.1, -0.05) is 29.8 Å². The summed E-state index contributed by atoms with van der Waals surface area (Å²) in [6.07, 6.45) is 5.46. The Kier molecular flexibility index (Phi) is 9.80. The van der Waals surface area contributed by atoms with Crippen molar-refractivity contribution in [1.82, 2.24) is 15.5 Å². The summed E-state index contributed by atoms with van der Waals surface area (Å²) in [6, 6.07) is 9.44. The number of rotatable bonds is 6. The van der Waals surface area contributed by atoms with Crippen LogP contribution in [0.5, 0.6) is 0 Å². The summed E-state index contributed by atoms with van der Waals surface area (Å²) in [5.41, 5.74) is 2.60. The van der Waals surface area contributed by atoms with E-state index < -0.39 is 0 Å². The van der Waals surface area contributed by atoms with E-state index in [1.54, 1.807) is 0 Å². The molecule has 2 unspecified atom stereocenters. The summed E-state index contributed by atoms with van der Waals surface area (Å²) in [6.45, 7) is 6.16. The number of amides is 1. The number of carbonyl (C=O) groups is 1. The Balaban J connectivity index is 0.00000156. The van der Waals surface area contributed by atoms with E-state index in [2.05, 4.69) is 46.7 Å². The van der Waals surface area contributed by atoms with Gasteiger partial charge >= 0.3 is 0 Å². The van der Waals surface area contributed by atoms with Gasteiger partial charge in [-0.25, -0.2) is 0 Å². The smallest absolute Gasteiger partial charge is 0.221 e. The molecular formula is C19H31Cl2N3O. The molecule has 1 aromatic carbocycles. The Bertz CT molecular complexity index is 512. The summed E-state index contributed by atoms with van der Waals surface area (Å²) in [7, 11) is 0. The van der Waals surface area contributed by atoms with Crippen LogP contribution in [-0.2, 0) is 4.79 Å². The van der Waals surface area contributed by atoms with Crippen molar-refractivity contribution in [3.63, 3.8) is 0 Å². The number of likely N-dealkylation sites (tertiary alicyclic amines) is 1. The highest BCUT2D eigenvalue weighted by Gasteiger charge is 2.24.